The maximum Gasteiger partial charge on any atom is 0.326 e. The minimum absolute atomic E-state index is 0.0272. The van der Waals surface area contributed by atoms with Gasteiger partial charge in [0.1, 0.15) is 17.8 Å². The molecule has 30 heavy (non-hydrogen) atoms. The quantitative estimate of drug-likeness (QED) is 0.314. The summed E-state index contributed by atoms with van der Waals surface area (Å²) in [5.41, 5.74) is 7.23. The van der Waals surface area contributed by atoms with Gasteiger partial charge in [0, 0.05) is 24.7 Å². The number of imidazole rings is 1. The van der Waals surface area contributed by atoms with E-state index >= 15 is 0 Å². The number of carbonyl (C=O) groups excluding carboxylic acids is 2. The number of benzene rings is 1. The molecule has 2 rings (SSSR count). The van der Waals surface area contributed by atoms with Crippen molar-refractivity contribution in [2.45, 2.75) is 44.8 Å². The highest BCUT2D eigenvalue weighted by Gasteiger charge is 2.30. The highest BCUT2D eigenvalue weighted by atomic mass is 16.4. The third kappa shape index (κ3) is 6.59. The predicted octanol–water partition coefficient (Wildman–Crippen LogP) is -0.0620. The maximum absolute atomic E-state index is 12.7. The summed E-state index contributed by atoms with van der Waals surface area (Å²) < 4.78 is 0. The molecule has 0 aliphatic carbocycles. The van der Waals surface area contributed by atoms with Gasteiger partial charge in [-0.2, -0.15) is 0 Å². The molecule has 0 bridgehead atoms. The van der Waals surface area contributed by atoms with Crippen LogP contribution >= 0.6 is 0 Å². The Balaban J connectivity index is 2.02. The number of carbonyl (C=O) groups is 3. The predicted molar refractivity (Wildman–Crippen MR) is 108 cm³/mol. The lowest BCUT2D eigenvalue weighted by atomic mass is 10.0. The molecule has 1 heterocycles. The first-order valence-electron chi connectivity index (χ1n) is 9.51. The highest BCUT2D eigenvalue weighted by molar-refractivity contribution is 5.92. The van der Waals surface area contributed by atoms with Crippen molar-refractivity contribution in [3.8, 4) is 5.75 Å². The van der Waals surface area contributed by atoms with Crippen LogP contribution in [0.4, 0.5) is 0 Å². The standard InChI is InChI=1S/C20H27N5O5/c1-11(2)17(25-18(27)15(21)8-13-9-22-10-23-13)19(28)24-16(20(29)30)7-12-3-5-14(26)6-4-12/h3-6,9-11,15-17,26H,7-8,21H2,1-2H3,(H,22,23)(H,24,28)(H,25,27)(H,29,30). The van der Waals surface area contributed by atoms with Crippen LogP contribution in [0.2, 0.25) is 0 Å². The Hall–Kier alpha value is -3.40. The van der Waals surface area contributed by atoms with Crippen LogP contribution in [-0.4, -0.2) is 56.1 Å². The number of phenols is 1. The summed E-state index contributed by atoms with van der Waals surface area (Å²) in [5.74, 6) is -2.58. The topological polar surface area (TPSA) is 170 Å². The van der Waals surface area contributed by atoms with E-state index in [0.717, 1.165) is 0 Å². The van der Waals surface area contributed by atoms with Crippen LogP contribution in [0.25, 0.3) is 0 Å². The molecule has 10 nitrogen and oxygen atoms in total. The van der Waals surface area contributed by atoms with Crippen LogP contribution in [0.5, 0.6) is 5.75 Å². The van der Waals surface area contributed by atoms with Gasteiger partial charge in [-0.25, -0.2) is 9.78 Å². The zero-order valence-corrected chi connectivity index (χ0v) is 16.8. The van der Waals surface area contributed by atoms with Gasteiger partial charge in [0.05, 0.1) is 12.4 Å². The van der Waals surface area contributed by atoms with Gasteiger partial charge in [-0.05, 0) is 23.6 Å². The van der Waals surface area contributed by atoms with Crippen molar-refractivity contribution in [1.29, 1.82) is 0 Å². The first-order valence-corrected chi connectivity index (χ1v) is 9.51. The van der Waals surface area contributed by atoms with Gasteiger partial charge in [0.2, 0.25) is 11.8 Å². The van der Waals surface area contributed by atoms with Gasteiger partial charge >= 0.3 is 5.97 Å². The second-order valence-electron chi connectivity index (χ2n) is 7.39. The Bertz CT molecular complexity index is 851. The molecule has 2 aromatic rings. The number of carboxylic acid groups (broad SMARTS) is 1. The number of aromatic nitrogens is 2. The molecule has 1 aromatic carbocycles. The molecule has 2 amide bonds. The summed E-state index contributed by atoms with van der Waals surface area (Å²) in [7, 11) is 0. The van der Waals surface area contributed by atoms with E-state index in [4.69, 9.17) is 5.73 Å². The molecule has 3 unspecified atom stereocenters. The molecule has 7 N–H and O–H groups in total. The van der Waals surface area contributed by atoms with E-state index in [0.29, 0.717) is 11.3 Å². The van der Waals surface area contributed by atoms with Gasteiger partial charge in [0.15, 0.2) is 0 Å². The molecule has 0 fully saturated rings. The number of nitrogens with two attached hydrogens (primary N) is 1. The summed E-state index contributed by atoms with van der Waals surface area (Å²) >= 11 is 0. The zero-order chi connectivity index (χ0) is 22.3. The molecule has 1 aromatic heterocycles. The lowest BCUT2D eigenvalue weighted by molar-refractivity contribution is -0.142. The number of aromatic hydroxyl groups is 1. The van der Waals surface area contributed by atoms with E-state index in [-0.39, 0.29) is 24.5 Å². The Morgan fingerprint density at radius 2 is 1.77 bits per heavy atom. The number of carboxylic acids is 1. The monoisotopic (exact) mass is 417 g/mol. The lowest BCUT2D eigenvalue weighted by Gasteiger charge is -2.25. The fourth-order valence-electron chi connectivity index (χ4n) is 2.85. The normalized spacial score (nSPS) is 14.0. The molecule has 3 atom stereocenters. The molecule has 0 aliphatic heterocycles. The van der Waals surface area contributed by atoms with E-state index in [1.807, 2.05) is 0 Å². The minimum atomic E-state index is -1.21. The van der Waals surface area contributed by atoms with Crippen molar-refractivity contribution in [1.82, 2.24) is 20.6 Å². The molecular formula is C20H27N5O5. The maximum atomic E-state index is 12.7. The van der Waals surface area contributed by atoms with Crippen LogP contribution in [0.1, 0.15) is 25.1 Å². The van der Waals surface area contributed by atoms with Crippen LogP contribution in [0.15, 0.2) is 36.8 Å². The number of nitrogens with zero attached hydrogens (tertiary/aromatic N) is 1. The smallest absolute Gasteiger partial charge is 0.326 e. The lowest BCUT2D eigenvalue weighted by Crippen LogP contribution is -2.56. The number of hydrogen-bond donors (Lipinski definition) is 6. The number of H-pyrrole nitrogens is 1. The van der Waals surface area contributed by atoms with Gasteiger partial charge in [-0.1, -0.05) is 26.0 Å². The third-order valence-corrected chi connectivity index (χ3v) is 4.57. The summed E-state index contributed by atoms with van der Waals surface area (Å²) in [6, 6.07) is 2.99. The Morgan fingerprint density at radius 1 is 1.10 bits per heavy atom. The number of amides is 2. The van der Waals surface area contributed by atoms with Crippen LogP contribution < -0.4 is 16.4 Å². The van der Waals surface area contributed by atoms with Gasteiger partial charge in [-0.15, -0.1) is 0 Å². The average Bonchev–Trinajstić information content (AvgIpc) is 3.19. The number of rotatable bonds is 10. The highest BCUT2D eigenvalue weighted by Crippen LogP contribution is 2.12. The number of nitrogens with one attached hydrogen (secondary N) is 3. The molecule has 0 spiro atoms. The second-order valence-corrected chi connectivity index (χ2v) is 7.39. The van der Waals surface area contributed by atoms with E-state index in [1.54, 1.807) is 32.2 Å². The first kappa shape index (κ1) is 22.9. The largest absolute Gasteiger partial charge is 0.508 e. The number of aromatic amines is 1. The molecule has 0 saturated carbocycles. The molecule has 162 valence electrons. The SMILES string of the molecule is CC(C)C(NC(=O)C(N)Cc1cnc[nH]1)C(=O)NC(Cc1ccc(O)cc1)C(=O)O. The molecule has 0 aliphatic rings. The second kappa shape index (κ2) is 10.4. The van der Waals surface area contributed by atoms with Crippen molar-refractivity contribution in [3.63, 3.8) is 0 Å². The molecule has 10 heteroatoms. The number of hydrogen-bond acceptors (Lipinski definition) is 6. The van der Waals surface area contributed by atoms with Crippen molar-refractivity contribution in [2.24, 2.45) is 11.7 Å². The number of phenolic OH excluding ortho intramolecular Hbond substituents is 1. The van der Waals surface area contributed by atoms with E-state index in [2.05, 4.69) is 20.6 Å². The van der Waals surface area contributed by atoms with Crippen molar-refractivity contribution >= 4 is 17.8 Å². The zero-order valence-electron chi connectivity index (χ0n) is 16.8. The fraction of sp³-hybridized carbons (Fsp3) is 0.400. The summed E-state index contributed by atoms with van der Waals surface area (Å²) in [5, 5.41) is 23.9. The number of aliphatic carboxylic acids is 1. The summed E-state index contributed by atoms with van der Waals surface area (Å²) in [4.78, 5) is 43.5. The molecule has 0 saturated heterocycles. The van der Waals surface area contributed by atoms with Crippen LogP contribution in [0.3, 0.4) is 0 Å². The van der Waals surface area contributed by atoms with E-state index in [9.17, 15) is 24.6 Å². The molecular weight excluding hydrogens is 390 g/mol. The first-order chi connectivity index (χ1) is 14.2. The van der Waals surface area contributed by atoms with Crippen molar-refractivity contribution in [2.75, 3.05) is 0 Å². The Kier molecular flexibility index (Phi) is 7.93. The van der Waals surface area contributed by atoms with Crippen LogP contribution in [-0.2, 0) is 27.2 Å². The Labute approximate surface area is 173 Å². The van der Waals surface area contributed by atoms with Gasteiger partial charge < -0.3 is 31.6 Å². The summed E-state index contributed by atoms with van der Waals surface area (Å²) in [6.45, 7) is 3.47. The van der Waals surface area contributed by atoms with Gasteiger partial charge in [0.25, 0.3) is 0 Å². The van der Waals surface area contributed by atoms with Gasteiger partial charge in [-0.3, -0.25) is 9.59 Å². The summed E-state index contributed by atoms with van der Waals surface area (Å²) in [6.07, 6.45) is 3.28. The van der Waals surface area contributed by atoms with E-state index in [1.165, 1.54) is 18.5 Å². The van der Waals surface area contributed by atoms with Crippen LogP contribution in [0, 0.1) is 5.92 Å². The Morgan fingerprint density at radius 3 is 2.30 bits per heavy atom. The molecule has 0 radical (unpaired) electrons. The van der Waals surface area contributed by atoms with E-state index < -0.39 is 35.9 Å². The van der Waals surface area contributed by atoms with Crippen molar-refractivity contribution < 1.29 is 24.6 Å². The average molecular weight is 417 g/mol. The third-order valence-electron chi connectivity index (χ3n) is 4.57. The fourth-order valence-corrected chi connectivity index (χ4v) is 2.85. The minimum Gasteiger partial charge on any atom is -0.508 e. The van der Waals surface area contributed by atoms with Crippen molar-refractivity contribution in [3.05, 3.63) is 48.0 Å².